The van der Waals surface area contributed by atoms with Crippen LogP contribution in [0, 0.1) is 12.7 Å². The molecular formula is C24H29FN4OS. The van der Waals surface area contributed by atoms with Crippen LogP contribution in [0.1, 0.15) is 25.0 Å². The van der Waals surface area contributed by atoms with Gasteiger partial charge in [0.2, 0.25) is 0 Å². The third kappa shape index (κ3) is 5.89. The van der Waals surface area contributed by atoms with E-state index >= 15 is 0 Å². The summed E-state index contributed by atoms with van der Waals surface area (Å²) in [5, 5.41) is 4.67. The first-order chi connectivity index (χ1) is 14.9. The molecular weight excluding hydrogens is 411 g/mol. The number of hydrogen-bond acceptors (Lipinski definition) is 3. The van der Waals surface area contributed by atoms with Crippen molar-refractivity contribution in [2.75, 3.05) is 31.5 Å². The highest BCUT2D eigenvalue weighted by atomic mass is 32.1. The molecule has 0 aliphatic carbocycles. The molecule has 1 heterocycles. The fourth-order valence-electron chi connectivity index (χ4n) is 3.54. The number of pyridine rings is 1. The number of benzene rings is 2. The summed E-state index contributed by atoms with van der Waals surface area (Å²) in [6.45, 7) is 9.99. The predicted octanol–water partition coefficient (Wildman–Crippen LogP) is 4.52. The molecule has 0 aliphatic rings. The van der Waals surface area contributed by atoms with Crippen molar-refractivity contribution in [3.63, 3.8) is 0 Å². The number of hydrogen-bond donors (Lipinski definition) is 2. The average Bonchev–Trinajstić information content (AvgIpc) is 2.76. The first kappa shape index (κ1) is 22.9. The summed E-state index contributed by atoms with van der Waals surface area (Å²) >= 11 is 5.66. The van der Waals surface area contributed by atoms with Crippen LogP contribution in [0.25, 0.3) is 10.9 Å². The molecule has 7 heteroatoms. The van der Waals surface area contributed by atoms with Gasteiger partial charge in [-0.1, -0.05) is 32.0 Å². The Balaban J connectivity index is 1.85. The molecule has 0 saturated carbocycles. The molecule has 0 aliphatic heterocycles. The van der Waals surface area contributed by atoms with E-state index < -0.39 is 0 Å². The van der Waals surface area contributed by atoms with Crippen LogP contribution in [-0.2, 0) is 6.54 Å². The Morgan fingerprint density at radius 2 is 1.81 bits per heavy atom. The second-order valence-corrected chi connectivity index (χ2v) is 7.94. The van der Waals surface area contributed by atoms with E-state index in [1.165, 1.54) is 12.1 Å². The van der Waals surface area contributed by atoms with Gasteiger partial charge in [-0.2, -0.15) is 0 Å². The number of thiocarbonyl (C=S) groups is 1. The predicted molar refractivity (Wildman–Crippen MR) is 130 cm³/mol. The highest BCUT2D eigenvalue weighted by Crippen LogP contribution is 2.16. The number of anilines is 1. The maximum absolute atomic E-state index is 13.2. The van der Waals surface area contributed by atoms with Gasteiger partial charge < -0.3 is 20.1 Å². The Hall–Kier alpha value is -2.77. The SMILES string of the molecule is CCN(CC)CCN(Cc1cc2cccc(C)c2[nH]c1=O)C(=S)Nc1ccc(F)cc1. The van der Waals surface area contributed by atoms with Crippen molar-refractivity contribution in [1.29, 1.82) is 0 Å². The van der Waals surface area contributed by atoms with Crippen LogP contribution in [0.3, 0.4) is 0 Å². The lowest BCUT2D eigenvalue weighted by Crippen LogP contribution is -2.41. The maximum atomic E-state index is 13.2. The molecule has 0 fully saturated rings. The van der Waals surface area contributed by atoms with Crippen LogP contribution in [0.4, 0.5) is 10.1 Å². The van der Waals surface area contributed by atoms with E-state index in [-0.39, 0.29) is 11.4 Å². The summed E-state index contributed by atoms with van der Waals surface area (Å²) in [6.07, 6.45) is 0. The lowest BCUT2D eigenvalue weighted by molar-refractivity contribution is 0.266. The van der Waals surface area contributed by atoms with Crippen molar-refractivity contribution in [2.24, 2.45) is 0 Å². The van der Waals surface area contributed by atoms with Gasteiger partial charge in [0.1, 0.15) is 5.82 Å². The Labute approximate surface area is 187 Å². The monoisotopic (exact) mass is 440 g/mol. The quantitative estimate of drug-likeness (QED) is 0.505. The second-order valence-electron chi connectivity index (χ2n) is 7.55. The molecule has 1 aromatic heterocycles. The van der Waals surface area contributed by atoms with Gasteiger partial charge in [-0.05, 0) is 73.5 Å². The lowest BCUT2D eigenvalue weighted by Gasteiger charge is -2.29. The van der Waals surface area contributed by atoms with Gasteiger partial charge in [0.05, 0.1) is 12.1 Å². The largest absolute Gasteiger partial charge is 0.343 e. The van der Waals surface area contributed by atoms with Gasteiger partial charge >= 0.3 is 0 Å². The standard InChI is InChI=1S/C24H29FN4OS/c1-4-28(5-2)13-14-29(24(31)26-21-11-9-20(25)10-12-21)16-19-15-18-8-6-7-17(3)22(18)27-23(19)30/h6-12,15H,4-5,13-14,16H2,1-3H3,(H,26,31)(H,27,30). The van der Waals surface area contributed by atoms with Crippen LogP contribution in [0.5, 0.6) is 0 Å². The van der Waals surface area contributed by atoms with E-state index in [1.54, 1.807) is 12.1 Å². The van der Waals surface area contributed by atoms with Crippen LogP contribution in [0.2, 0.25) is 0 Å². The Bertz CT molecular complexity index is 1090. The van der Waals surface area contributed by atoms with Gasteiger partial charge in [-0.3, -0.25) is 4.79 Å². The normalized spacial score (nSPS) is 11.1. The molecule has 5 nitrogen and oxygen atoms in total. The zero-order chi connectivity index (χ0) is 22.4. The van der Waals surface area contributed by atoms with Crippen LogP contribution >= 0.6 is 12.2 Å². The minimum absolute atomic E-state index is 0.112. The molecule has 164 valence electrons. The Morgan fingerprint density at radius 3 is 2.48 bits per heavy atom. The number of H-pyrrole nitrogens is 1. The third-order valence-electron chi connectivity index (χ3n) is 5.49. The maximum Gasteiger partial charge on any atom is 0.253 e. The molecule has 3 rings (SSSR count). The molecule has 2 aromatic carbocycles. The van der Waals surface area contributed by atoms with E-state index in [1.807, 2.05) is 36.1 Å². The summed E-state index contributed by atoms with van der Waals surface area (Å²) in [5.41, 5.74) is 3.15. The van der Waals surface area contributed by atoms with Crippen molar-refractivity contribution in [3.05, 3.63) is 75.8 Å². The number of rotatable bonds is 8. The number of aromatic amines is 1. The second kappa shape index (κ2) is 10.5. The van der Waals surface area contributed by atoms with E-state index in [9.17, 15) is 9.18 Å². The smallest absolute Gasteiger partial charge is 0.253 e. The molecule has 0 amide bonds. The minimum atomic E-state index is -0.298. The number of halogens is 1. The molecule has 0 radical (unpaired) electrons. The summed E-state index contributed by atoms with van der Waals surface area (Å²) in [5.74, 6) is -0.298. The number of fused-ring (bicyclic) bond motifs is 1. The summed E-state index contributed by atoms with van der Waals surface area (Å²) in [4.78, 5) is 20.1. The van der Waals surface area contributed by atoms with Gasteiger partial charge in [0.15, 0.2) is 5.11 Å². The Morgan fingerprint density at radius 1 is 1.10 bits per heavy atom. The van der Waals surface area contributed by atoms with Crippen molar-refractivity contribution in [2.45, 2.75) is 27.3 Å². The molecule has 0 unspecified atom stereocenters. The first-order valence-corrected chi connectivity index (χ1v) is 11.0. The molecule has 0 bridgehead atoms. The van der Waals surface area contributed by atoms with Crippen molar-refractivity contribution in [1.82, 2.24) is 14.8 Å². The minimum Gasteiger partial charge on any atom is -0.343 e. The molecule has 0 spiro atoms. The molecule has 2 N–H and O–H groups in total. The first-order valence-electron chi connectivity index (χ1n) is 10.6. The van der Waals surface area contributed by atoms with Crippen LogP contribution in [0.15, 0.2) is 53.3 Å². The van der Waals surface area contributed by atoms with Crippen molar-refractivity contribution >= 4 is 33.9 Å². The number of likely N-dealkylation sites (N-methyl/N-ethyl adjacent to an activating group) is 1. The number of aromatic nitrogens is 1. The van der Waals surface area contributed by atoms with E-state index in [4.69, 9.17) is 12.2 Å². The van der Waals surface area contributed by atoms with Gasteiger partial charge in [0.25, 0.3) is 5.56 Å². The van der Waals surface area contributed by atoms with E-state index in [0.29, 0.717) is 29.5 Å². The van der Waals surface area contributed by atoms with Gasteiger partial charge in [-0.15, -0.1) is 0 Å². The number of aryl methyl sites for hydroxylation is 1. The summed E-state index contributed by atoms with van der Waals surface area (Å²) in [7, 11) is 0. The Kier molecular flexibility index (Phi) is 7.76. The summed E-state index contributed by atoms with van der Waals surface area (Å²) < 4.78 is 13.2. The number of nitrogens with zero attached hydrogens (tertiary/aromatic N) is 2. The van der Waals surface area contributed by atoms with Crippen molar-refractivity contribution < 1.29 is 4.39 Å². The van der Waals surface area contributed by atoms with E-state index in [0.717, 1.165) is 36.1 Å². The molecule has 3 aromatic rings. The average molecular weight is 441 g/mol. The van der Waals surface area contributed by atoms with Gasteiger partial charge in [-0.25, -0.2) is 4.39 Å². The fraction of sp³-hybridized carbons (Fsp3) is 0.333. The molecule has 0 saturated heterocycles. The number of para-hydroxylation sites is 1. The topological polar surface area (TPSA) is 51.4 Å². The summed E-state index contributed by atoms with van der Waals surface area (Å²) in [6, 6.07) is 14.0. The zero-order valence-corrected chi connectivity index (χ0v) is 19.1. The van der Waals surface area contributed by atoms with E-state index in [2.05, 4.69) is 29.0 Å². The highest BCUT2D eigenvalue weighted by molar-refractivity contribution is 7.80. The van der Waals surface area contributed by atoms with Crippen molar-refractivity contribution in [3.8, 4) is 0 Å². The van der Waals surface area contributed by atoms with Gasteiger partial charge in [0, 0.05) is 24.3 Å². The number of nitrogens with one attached hydrogen (secondary N) is 2. The molecule has 0 atom stereocenters. The zero-order valence-electron chi connectivity index (χ0n) is 18.2. The fourth-order valence-corrected chi connectivity index (χ4v) is 3.82. The highest BCUT2D eigenvalue weighted by Gasteiger charge is 2.15. The van der Waals surface area contributed by atoms with Crippen LogP contribution in [-0.4, -0.2) is 46.1 Å². The lowest BCUT2D eigenvalue weighted by atomic mass is 10.1. The van der Waals surface area contributed by atoms with Crippen LogP contribution < -0.4 is 10.9 Å². The third-order valence-corrected chi connectivity index (χ3v) is 5.85. The molecule has 31 heavy (non-hydrogen) atoms.